The Hall–Kier alpha value is -5.26. The number of esters is 1. The number of non-ortho nitro benzene ring substituents is 1. The number of benzene rings is 3. The Kier molecular flexibility index (Phi) is 7.92. The lowest BCUT2D eigenvalue weighted by atomic mass is 10.1. The number of nitro benzene ring substituents is 1. The van der Waals surface area contributed by atoms with Gasteiger partial charge in [0.25, 0.3) is 17.5 Å². The summed E-state index contributed by atoms with van der Waals surface area (Å²) in [6.07, 6.45) is -0.204. The average molecular weight is 518 g/mol. The molecule has 0 aromatic heterocycles. The van der Waals surface area contributed by atoms with E-state index < -0.39 is 41.1 Å². The van der Waals surface area contributed by atoms with Crippen molar-refractivity contribution in [3.63, 3.8) is 0 Å². The molecular weight excluding hydrogens is 496 g/mol. The Balaban J connectivity index is 1.22. The second-order valence-corrected chi connectivity index (χ2v) is 8.25. The van der Waals surface area contributed by atoms with Crippen LogP contribution in [-0.4, -0.2) is 46.8 Å². The molecule has 0 unspecified atom stereocenters. The summed E-state index contributed by atoms with van der Waals surface area (Å²) in [5.41, 5.74) is 2.77. The normalized spacial score (nSPS) is 14.5. The Bertz CT molecular complexity index is 1340. The largest absolute Gasteiger partial charge is 0.457 e. The fourth-order valence-electron chi connectivity index (χ4n) is 3.58. The minimum atomic E-state index is -0.873. The number of nitrogens with zero attached hydrogens (tertiary/aromatic N) is 2. The van der Waals surface area contributed by atoms with Crippen LogP contribution in [0, 0.1) is 16.0 Å². The van der Waals surface area contributed by atoms with Crippen molar-refractivity contribution in [2.24, 2.45) is 5.92 Å². The molecule has 4 rings (SSSR count). The Morgan fingerprint density at radius 2 is 1.61 bits per heavy atom. The first-order chi connectivity index (χ1) is 18.3. The van der Waals surface area contributed by atoms with Crippen molar-refractivity contribution in [3.05, 3.63) is 94.5 Å². The third-order valence-electron chi connectivity index (χ3n) is 5.50. The Labute approximate surface area is 216 Å². The molecule has 0 radical (unpaired) electrons. The standard InChI is InChI=1S/C26H22N4O8/c31-23(27-19-8-12-22(13-9-19)38-21-4-2-1-3-5-21)16-37-26(34)18-14-24(32)29(15-18)28-25(33)17-6-10-20(11-7-17)30(35)36/h1-13,18H,14-16H2,(H,27,31)(H,28,33)/t18-/m0/s1. The van der Waals surface area contributed by atoms with Crippen molar-refractivity contribution < 1.29 is 33.6 Å². The van der Waals surface area contributed by atoms with Gasteiger partial charge in [0.15, 0.2) is 6.61 Å². The minimum Gasteiger partial charge on any atom is -0.457 e. The van der Waals surface area contributed by atoms with E-state index in [2.05, 4.69) is 10.7 Å². The van der Waals surface area contributed by atoms with Gasteiger partial charge < -0.3 is 14.8 Å². The maximum atomic E-state index is 12.4. The summed E-state index contributed by atoms with van der Waals surface area (Å²) in [4.78, 5) is 59.3. The SMILES string of the molecule is O=C(COC(=O)[C@H]1CC(=O)N(NC(=O)c2ccc([N+](=O)[O-])cc2)C1)Nc1ccc(Oc2ccccc2)cc1. The summed E-state index contributed by atoms with van der Waals surface area (Å²) in [6.45, 7) is -0.693. The molecule has 1 fully saturated rings. The van der Waals surface area contributed by atoms with Gasteiger partial charge in [-0.25, -0.2) is 0 Å². The van der Waals surface area contributed by atoms with Crippen LogP contribution in [0.4, 0.5) is 11.4 Å². The lowest BCUT2D eigenvalue weighted by Crippen LogP contribution is -2.43. The van der Waals surface area contributed by atoms with Gasteiger partial charge in [-0.05, 0) is 48.5 Å². The number of anilines is 1. The molecule has 0 saturated carbocycles. The van der Waals surface area contributed by atoms with Crippen LogP contribution >= 0.6 is 0 Å². The molecule has 3 amide bonds. The van der Waals surface area contributed by atoms with E-state index in [1.807, 2.05) is 30.3 Å². The predicted octanol–water partition coefficient (Wildman–Crippen LogP) is 3.06. The monoisotopic (exact) mass is 518 g/mol. The summed E-state index contributed by atoms with van der Waals surface area (Å²) < 4.78 is 10.7. The van der Waals surface area contributed by atoms with E-state index in [4.69, 9.17) is 9.47 Å². The molecular formula is C26H22N4O8. The highest BCUT2D eigenvalue weighted by Gasteiger charge is 2.36. The quantitative estimate of drug-likeness (QED) is 0.249. The van der Waals surface area contributed by atoms with Crippen molar-refractivity contribution in [1.29, 1.82) is 0 Å². The second-order valence-electron chi connectivity index (χ2n) is 8.25. The number of para-hydroxylation sites is 1. The van der Waals surface area contributed by atoms with E-state index in [0.717, 1.165) is 5.01 Å². The van der Waals surface area contributed by atoms with Gasteiger partial charge in [-0.15, -0.1) is 0 Å². The lowest BCUT2D eigenvalue weighted by Gasteiger charge is -2.17. The number of nitro groups is 1. The Morgan fingerprint density at radius 1 is 0.947 bits per heavy atom. The summed E-state index contributed by atoms with van der Waals surface area (Å²) in [5.74, 6) is -2.12. The third kappa shape index (κ3) is 6.69. The van der Waals surface area contributed by atoms with Gasteiger partial charge in [0, 0.05) is 29.8 Å². The van der Waals surface area contributed by atoms with E-state index in [-0.39, 0.29) is 24.2 Å². The predicted molar refractivity (Wildman–Crippen MR) is 133 cm³/mol. The van der Waals surface area contributed by atoms with Crippen LogP contribution in [0.15, 0.2) is 78.9 Å². The number of ether oxygens (including phenoxy) is 2. The molecule has 1 aliphatic heterocycles. The van der Waals surface area contributed by atoms with Crippen LogP contribution in [-0.2, 0) is 19.1 Å². The molecule has 0 aliphatic carbocycles. The van der Waals surface area contributed by atoms with Gasteiger partial charge in [0.1, 0.15) is 11.5 Å². The molecule has 2 N–H and O–H groups in total. The summed E-state index contributed by atoms with van der Waals surface area (Å²) in [6, 6.07) is 20.7. The van der Waals surface area contributed by atoms with E-state index in [1.165, 1.54) is 24.3 Å². The van der Waals surface area contributed by atoms with Crippen molar-refractivity contribution in [1.82, 2.24) is 10.4 Å². The Morgan fingerprint density at radius 3 is 2.26 bits per heavy atom. The van der Waals surface area contributed by atoms with E-state index in [1.54, 1.807) is 24.3 Å². The van der Waals surface area contributed by atoms with Crippen LogP contribution < -0.4 is 15.5 Å². The van der Waals surface area contributed by atoms with E-state index >= 15 is 0 Å². The molecule has 38 heavy (non-hydrogen) atoms. The summed E-state index contributed by atoms with van der Waals surface area (Å²) in [7, 11) is 0. The van der Waals surface area contributed by atoms with Gasteiger partial charge in [0.2, 0.25) is 5.91 Å². The topological polar surface area (TPSA) is 157 Å². The first-order valence-electron chi connectivity index (χ1n) is 11.4. The van der Waals surface area contributed by atoms with Gasteiger partial charge in [0.05, 0.1) is 17.4 Å². The van der Waals surface area contributed by atoms with Crippen molar-refractivity contribution in [2.45, 2.75) is 6.42 Å². The van der Waals surface area contributed by atoms with Crippen molar-refractivity contribution in [2.75, 3.05) is 18.5 Å². The van der Waals surface area contributed by atoms with E-state index in [9.17, 15) is 29.3 Å². The molecule has 1 aliphatic rings. The van der Waals surface area contributed by atoms with Crippen molar-refractivity contribution in [3.8, 4) is 11.5 Å². The van der Waals surface area contributed by atoms with Gasteiger partial charge >= 0.3 is 5.97 Å². The van der Waals surface area contributed by atoms with Gasteiger partial charge in [-0.2, -0.15) is 0 Å². The van der Waals surface area contributed by atoms with Crippen LogP contribution in [0.5, 0.6) is 11.5 Å². The molecule has 1 atom stereocenters. The first kappa shape index (κ1) is 25.8. The number of nitrogens with one attached hydrogen (secondary N) is 2. The number of carbonyl (C=O) groups excluding carboxylic acids is 4. The molecule has 0 bridgehead atoms. The summed E-state index contributed by atoms with van der Waals surface area (Å²) in [5, 5.41) is 14.3. The molecule has 0 spiro atoms. The molecule has 3 aromatic rings. The number of hydrazine groups is 1. The number of rotatable bonds is 9. The lowest BCUT2D eigenvalue weighted by molar-refractivity contribution is -0.384. The molecule has 12 nitrogen and oxygen atoms in total. The number of amides is 3. The van der Waals surface area contributed by atoms with E-state index in [0.29, 0.717) is 17.2 Å². The molecule has 194 valence electrons. The summed E-state index contributed by atoms with van der Waals surface area (Å²) >= 11 is 0. The third-order valence-corrected chi connectivity index (χ3v) is 5.50. The highest BCUT2D eigenvalue weighted by Crippen LogP contribution is 2.23. The van der Waals surface area contributed by atoms with Crippen LogP contribution in [0.2, 0.25) is 0 Å². The molecule has 3 aromatic carbocycles. The maximum absolute atomic E-state index is 12.4. The highest BCUT2D eigenvalue weighted by atomic mass is 16.6. The minimum absolute atomic E-state index is 0.103. The zero-order valence-electron chi connectivity index (χ0n) is 19.9. The zero-order valence-corrected chi connectivity index (χ0v) is 19.9. The first-order valence-corrected chi connectivity index (χ1v) is 11.4. The highest BCUT2D eigenvalue weighted by molar-refractivity contribution is 5.97. The number of carbonyl (C=O) groups is 4. The molecule has 1 saturated heterocycles. The smallest absolute Gasteiger partial charge is 0.311 e. The maximum Gasteiger partial charge on any atom is 0.311 e. The second kappa shape index (κ2) is 11.6. The zero-order chi connectivity index (χ0) is 27.1. The fraction of sp³-hybridized carbons (Fsp3) is 0.154. The molecule has 1 heterocycles. The fourth-order valence-corrected chi connectivity index (χ4v) is 3.58. The van der Waals surface area contributed by atoms with Crippen molar-refractivity contribution >= 4 is 35.1 Å². The van der Waals surface area contributed by atoms with Crippen LogP contribution in [0.3, 0.4) is 0 Å². The average Bonchev–Trinajstić information content (AvgIpc) is 3.29. The number of hydrogen-bond donors (Lipinski definition) is 2. The molecule has 12 heteroatoms. The van der Waals surface area contributed by atoms with Crippen LogP contribution in [0.1, 0.15) is 16.8 Å². The van der Waals surface area contributed by atoms with Gasteiger partial charge in [-0.3, -0.25) is 39.7 Å². The van der Waals surface area contributed by atoms with Crippen LogP contribution in [0.25, 0.3) is 0 Å². The van der Waals surface area contributed by atoms with Gasteiger partial charge in [-0.1, -0.05) is 18.2 Å². The number of hydrogen-bond acceptors (Lipinski definition) is 8.